The Morgan fingerprint density at radius 3 is 2.80 bits per heavy atom. The summed E-state index contributed by atoms with van der Waals surface area (Å²) < 4.78 is 0. The van der Waals surface area contributed by atoms with Gasteiger partial charge in [0.15, 0.2) is 0 Å². The van der Waals surface area contributed by atoms with E-state index in [9.17, 15) is 0 Å². The summed E-state index contributed by atoms with van der Waals surface area (Å²) in [5, 5.41) is 2.12. The molecule has 2 N–H and O–H groups in total. The quantitative estimate of drug-likeness (QED) is 0.695. The van der Waals surface area contributed by atoms with E-state index in [1.165, 1.54) is 10.4 Å². The first-order valence-electron chi connectivity index (χ1n) is 3.49. The summed E-state index contributed by atoms with van der Waals surface area (Å²) in [6.07, 6.45) is 0. The van der Waals surface area contributed by atoms with Crippen LogP contribution in [0.4, 0.5) is 0 Å². The second kappa shape index (κ2) is 3.17. The Hall–Kier alpha value is -0.340. The van der Waals surface area contributed by atoms with Crippen molar-refractivity contribution in [3.8, 4) is 0 Å². The molecule has 0 aromatic carbocycles. The number of nitrogens with two attached hydrogens (primary N) is 1. The maximum absolute atomic E-state index is 5.54. The normalized spacial score (nSPS) is 13.5. The van der Waals surface area contributed by atoms with Crippen molar-refractivity contribution in [3.63, 3.8) is 0 Å². The fourth-order valence-electron chi connectivity index (χ4n) is 1.03. The predicted octanol–water partition coefficient (Wildman–Crippen LogP) is 2.12. The van der Waals surface area contributed by atoms with Crippen LogP contribution in [0.25, 0.3) is 0 Å². The maximum Gasteiger partial charge on any atom is 0.00493 e. The molecule has 0 aliphatic heterocycles. The molecular formula is C8H13NS. The average molecular weight is 155 g/mol. The van der Waals surface area contributed by atoms with Crippen molar-refractivity contribution in [1.82, 2.24) is 0 Å². The van der Waals surface area contributed by atoms with E-state index in [4.69, 9.17) is 5.73 Å². The van der Waals surface area contributed by atoms with Gasteiger partial charge in [-0.15, -0.1) is 11.3 Å². The number of aryl methyl sites for hydroxylation is 1. The number of hydrogen-bond donors (Lipinski definition) is 1. The first kappa shape index (κ1) is 7.76. The summed E-state index contributed by atoms with van der Waals surface area (Å²) in [5.74, 6) is 0.520. The number of rotatable bonds is 2. The Kier molecular flexibility index (Phi) is 2.46. The van der Waals surface area contributed by atoms with Crippen LogP contribution in [-0.4, -0.2) is 6.54 Å². The zero-order valence-corrected chi connectivity index (χ0v) is 7.24. The molecule has 1 unspecified atom stereocenters. The van der Waals surface area contributed by atoms with Crippen LogP contribution in [-0.2, 0) is 0 Å². The third-order valence-corrected chi connectivity index (χ3v) is 2.64. The van der Waals surface area contributed by atoms with Crippen molar-refractivity contribution in [3.05, 3.63) is 21.9 Å². The van der Waals surface area contributed by atoms with Gasteiger partial charge < -0.3 is 5.73 Å². The predicted molar refractivity (Wildman–Crippen MR) is 46.5 cm³/mol. The molecule has 1 rings (SSSR count). The Morgan fingerprint density at radius 1 is 1.70 bits per heavy atom. The Morgan fingerprint density at radius 2 is 2.40 bits per heavy atom. The van der Waals surface area contributed by atoms with Gasteiger partial charge in [0.1, 0.15) is 0 Å². The molecule has 1 heterocycles. The van der Waals surface area contributed by atoms with Crippen molar-refractivity contribution in [2.75, 3.05) is 6.54 Å². The van der Waals surface area contributed by atoms with E-state index in [1.54, 1.807) is 11.3 Å². The first-order valence-corrected chi connectivity index (χ1v) is 4.37. The van der Waals surface area contributed by atoms with Crippen molar-refractivity contribution in [2.24, 2.45) is 5.73 Å². The van der Waals surface area contributed by atoms with Crippen molar-refractivity contribution >= 4 is 11.3 Å². The maximum atomic E-state index is 5.54. The lowest BCUT2D eigenvalue weighted by molar-refractivity contribution is 0.773. The smallest absolute Gasteiger partial charge is 0.00493 e. The number of thiophene rings is 1. The highest BCUT2D eigenvalue weighted by Crippen LogP contribution is 2.22. The van der Waals surface area contributed by atoms with Crippen LogP contribution in [0.2, 0.25) is 0 Å². The fraction of sp³-hybridized carbons (Fsp3) is 0.500. The summed E-state index contributed by atoms with van der Waals surface area (Å²) in [4.78, 5) is 1.40. The van der Waals surface area contributed by atoms with Crippen molar-refractivity contribution in [1.29, 1.82) is 0 Å². The van der Waals surface area contributed by atoms with E-state index in [1.807, 2.05) is 0 Å². The second-order valence-corrected chi connectivity index (χ2v) is 3.69. The molecule has 10 heavy (non-hydrogen) atoms. The van der Waals surface area contributed by atoms with Gasteiger partial charge in [-0.25, -0.2) is 0 Å². The molecule has 0 fully saturated rings. The van der Waals surface area contributed by atoms with Crippen LogP contribution in [0, 0.1) is 6.92 Å². The van der Waals surface area contributed by atoms with Gasteiger partial charge in [0, 0.05) is 4.88 Å². The molecule has 1 aromatic rings. The largest absolute Gasteiger partial charge is 0.330 e. The molecule has 0 aliphatic carbocycles. The molecule has 0 bridgehead atoms. The summed E-state index contributed by atoms with van der Waals surface area (Å²) in [5.41, 5.74) is 6.95. The van der Waals surface area contributed by atoms with Gasteiger partial charge in [-0.05, 0) is 36.4 Å². The standard InChI is InChI=1S/C8H13NS/c1-6(5-9)8-3-4-10-7(8)2/h3-4,6H,5,9H2,1-2H3. The molecule has 0 aliphatic rings. The summed E-state index contributed by atoms with van der Waals surface area (Å²) >= 11 is 1.79. The summed E-state index contributed by atoms with van der Waals surface area (Å²) in [6.45, 7) is 5.05. The topological polar surface area (TPSA) is 26.0 Å². The summed E-state index contributed by atoms with van der Waals surface area (Å²) in [7, 11) is 0. The van der Waals surface area contributed by atoms with E-state index in [0.717, 1.165) is 6.54 Å². The molecule has 0 saturated carbocycles. The highest BCUT2D eigenvalue weighted by molar-refractivity contribution is 7.10. The van der Waals surface area contributed by atoms with E-state index in [0.29, 0.717) is 5.92 Å². The fourth-order valence-corrected chi connectivity index (χ4v) is 1.86. The highest BCUT2D eigenvalue weighted by Gasteiger charge is 2.05. The molecule has 1 atom stereocenters. The highest BCUT2D eigenvalue weighted by atomic mass is 32.1. The lowest BCUT2D eigenvalue weighted by atomic mass is 10.0. The Labute approximate surface area is 65.9 Å². The third kappa shape index (κ3) is 1.39. The molecular weight excluding hydrogens is 142 g/mol. The van der Waals surface area contributed by atoms with E-state index < -0.39 is 0 Å². The van der Waals surface area contributed by atoms with Crippen LogP contribution in [0.5, 0.6) is 0 Å². The van der Waals surface area contributed by atoms with E-state index in [2.05, 4.69) is 25.3 Å². The van der Waals surface area contributed by atoms with Gasteiger partial charge in [-0.2, -0.15) is 0 Å². The lowest BCUT2D eigenvalue weighted by Crippen LogP contribution is -2.08. The van der Waals surface area contributed by atoms with E-state index >= 15 is 0 Å². The van der Waals surface area contributed by atoms with Gasteiger partial charge in [0.25, 0.3) is 0 Å². The molecule has 1 aromatic heterocycles. The van der Waals surface area contributed by atoms with E-state index in [-0.39, 0.29) is 0 Å². The van der Waals surface area contributed by atoms with Gasteiger partial charge in [0.05, 0.1) is 0 Å². The molecule has 0 radical (unpaired) electrons. The zero-order chi connectivity index (χ0) is 7.56. The van der Waals surface area contributed by atoms with Crippen LogP contribution >= 0.6 is 11.3 Å². The van der Waals surface area contributed by atoms with Crippen LogP contribution < -0.4 is 5.73 Å². The van der Waals surface area contributed by atoms with Gasteiger partial charge in [-0.3, -0.25) is 0 Å². The van der Waals surface area contributed by atoms with Gasteiger partial charge in [-0.1, -0.05) is 6.92 Å². The van der Waals surface area contributed by atoms with Crippen molar-refractivity contribution in [2.45, 2.75) is 19.8 Å². The van der Waals surface area contributed by atoms with Gasteiger partial charge in [0.2, 0.25) is 0 Å². The molecule has 56 valence electrons. The zero-order valence-electron chi connectivity index (χ0n) is 6.42. The summed E-state index contributed by atoms with van der Waals surface area (Å²) in [6, 6.07) is 2.16. The van der Waals surface area contributed by atoms with Gasteiger partial charge >= 0.3 is 0 Å². The Bertz CT molecular complexity index is 205. The molecule has 0 spiro atoms. The average Bonchev–Trinajstić information content (AvgIpc) is 2.34. The second-order valence-electron chi connectivity index (χ2n) is 2.57. The van der Waals surface area contributed by atoms with Crippen LogP contribution in [0.1, 0.15) is 23.3 Å². The minimum Gasteiger partial charge on any atom is -0.330 e. The van der Waals surface area contributed by atoms with Crippen molar-refractivity contribution < 1.29 is 0 Å². The molecule has 0 saturated heterocycles. The monoisotopic (exact) mass is 155 g/mol. The number of hydrogen-bond acceptors (Lipinski definition) is 2. The Balaban J connectivity index is 2.82. The SMILES string of the molecule is Cc1sccc1C(C)CN. The molecule has 0 amide bonds. The van der Waals surface area contributed by atoms with Crippen LogP contribution in [0.15, 0.2) is 11.4 Å². The minimum absolute atomic E-state index is 0.520. The first-order chi connectivity index (χ1) is 4.75. The van der Waals surface area contributed by atoms with Crippen LogP contribution in [0.3, 0.4) is 0 Å². The third-order valence-electron chi connectivity index (χ3n) is 1.78. The minimum atomic E-state index is 0.520. The lowest BCUT2D eigenvalue weighted by Gasteiger charge is -2.06. The molecule has 1 nitrogen and oxygen atoms in total. The molecule has 2 heteroatoms.